The maximum atomic E-state index is 11.6. The summed E-state index contributed by atoms with van der Waals surface area (Å²) in [6, 6.07) is 7.58. The van der Waals surface area contributed by atoms with Gasteiger partial charge in [-0.15, -0.1) is 0 Å². The Hall–Kier alpha value is -1.88. The molecule has 1 atom stereocenters. The smallest absolute Gasteiger partial charge is 0.236 e. The SMILES string of the molecule is CC[C@@H](N)C(=O)NCCn1c(C)nc2ccccc21. The van der Waals surface area contributed by atoms with Gasteiger partial charge in [0.15, 0.2) is 0 Å². The van der Waals surface area contributed by atoms with Gasteiger partial charge in [0, 0.05) is 13.1 Å². The Balaban J connectivity index is 2.02. The lowest BCUT2D eigenvalue weighted by atomic mass is 10.2. The molecular formula is C14H20N4O. The van der Waals surface area contributed by atoms with E-state index in [2.05, 4.69) is 14.9 Å². The standard InChI is InChI=1S/C14H20N4O/c1-3-11(15)14(19)16-8-9-18-10(2)17-12-6-4-5-7-13(12)18/h4-7,11H,3,8-9,15H2,1-2H3,(H,16,19)/t11-/m1/s1. The predicted octanol–water partition coefficient (Wildman–Crippen LogP) is 1.20. The first-order chi connectivity index (χ1) is 9.13. The number of imidazole rings is 1. The van der Waals surface area contributed by atoms with Crippen molar-refractivity contribution in [2.45, 2.75) is 32.9 Å². The third kappa shape index (κ3) is 2.93. The molecule has 0 radical (unpaired) electrons. The average molecular weight is 260 g/mol. The molecule has 1 aromatic heterocycles. The maximum absolute atomic E-state index is 11.6. The molecule has 102 valence electrons. The Morgan fingerprint density at radius 2 is 2.21 bits per heavy atom. The van der Waals surface area contributed by atoms with Gasteiger partial charge in [-0.25, -0.2) is 4.98 Å². The summed E-state index contributed by atoms with van der Waals surface area (Å²) in [6.07, 6.45) is 0.652. The van der Waals surface area contributed by atoms with Crippen LogP contribution < -0.4 is 11.1 Å². The Kier molecular flexibility index (Phi) is 4.16. The van der Waals surface area contributed by atoms with Gasteiger partial charge >= 0.3 is 0 Å². The van der Waals surface area contributed by atoms with Crippen molar-refractivity contribution < 1.29 is 4.79 Å². The quantitative estimate of drug-likeness (QED) is 0.848. The second kappa shape index (κ2) is 5.84. The van der Waals surface area contributed by atoms with Gasteiger partial charge in [0.25, 0.3) is 0 Å². The summed E-state index contributed by atoms with van der Waals surface area (Å²) in [5, 5.41) is 2.85. The first-order valence-electron chi connectivity index (χ1n) is 6.58. The zero-order valence-corrected chi connectivity index (χ0v) is 11.4. The monoisotopic (exact) mass is 260 g/mol. The first-order valence-corrected chi connectivity index (χ1v) is 6.58. The molecule has 2 aromatic rings. The second-order valence-electron chi connectivity index (χ2n) is 4.61. The Morgan fingerprint density at radius 3 is 2.95 bits per heavy atom. The highest BCUT2D eigenvalue weighted by Gasteiger charge is 2.11. The fourth-order valence-electron chi connectivity index (χ4n) is 2.09. The van der Waals surface area contributed by atoms with Gasteiger partial charge in [-0.1, -0.05) is 19.1 Å². The minimum atomic E-state index is -0.416. The number of benzene rings is 1. The van der Waals surface area contributed by atoms with Crippen LogP contribution in [0.2, 0.25) is 0 Å². The number of carbonyl (C=O) groups is 1. The average Bonchev–Trinajstić information content (AvgIpc) is 2.74. The molecule has 0 aliphatic carbocycles. The van der Waals surface area contributed by atoms with E-state index in [4.69, 9.17) is 5.73 Å². The molecule has 0 saturated heterocycles. The summed E-state index contributed by atoms with van der Waals surface area (Å²) in [6.45, 7) is 5.14. The van der Waals surface area contributed by atoms with E-state index in [0.29, 0.717) is 19.5 Å². The molecule has 0 spiro atoms. The number of aromatic nitrogens is 2. The molecule has 5 nitrogen and oxygen atoms in total. The van der Waals surface area contributed by atoms with Crippen molar-refractivity contribution in [3.63, 3.8) is 0 Å². The summed E-state index contributed by atoms with van der Waals surface area (Å²) in [5.41, 5.74) is 7.74. The largest absolute Gasteiger partial charge is 0.353 e. The van der Waals surface area contributed by atoms with E-state index in [1.807, 2.05) is 38.1 Å². The lowest BCUT2D eigenvalue weighted by Gasteiger charge is -2.11. The zero-order valence-electron chi connectivity index (χ0n) is 11.4. The van der Waals surface area contributed by atoms with Crippen molar-refractivity contribution in [2.75, 3.05) is 6.54 Å². The first kappa shape index (κ1) is 13.5. The van der Waals surface area contributed by atoms with Gasteiger partial charge in [0.2, 0.25) is 5.91 Å². The van der Waals surface area contributed by atoms with Crippen LogP contribution in [0.3, 0.4) is 0 Å². The molecule has 2 rings (SSSR count). The fourth-order valence-corrected chi connectivity index (χ4v) is 2.09. The van der Waals surface area contributed by atoms with Crippen LogP contribution >= 0.6 is 0 Å². The van der Waals surface area contributed by atoms with Crippen LogP contribution in [0, 0.1) is 6.92 Å². The zero-order chi connectivity index (χ0) is 13.8. The number of para-hydroxylation sites is 2. The van der Waals surface area contributed by atoms with E-state index >= 15 is 0 Å². The minimum absolute atomic E-state index is 0.0930. The van der Waals surface area contributed by atoms with Crippen molar-refractivity contribution in [3.8, 4) is 0 Å². The van der Waals surface area contributed by atoms with Crippen LogP contribution in [0.1, 0.15) is 19.2 Å². The number of hydrogen-bond acceptors (Lipinski definition) is 3. The Labute approximate surface area is 112 Å². The van der Waals surface area contributed by atoms with E-state index < -0.39 is 6.04 Å². The van der Waals surface area contributed by atoms with Crippen molar-refractivity contribution >= 4 is 16.9 Å². The third-order valence-electron chi connectivity index (χ3n) is 3.26. The lowest BCUT2D eigenvalue weighted by molar-refractivity contribution is -0.122. The van der Waals surface area contributed by atoms with E-state index in [9.17, 15) is 4.79 Å². The van der Waals surface area contributed by atoms with Crippen LogP contribution in [-0.2, 0) is 11.3 Å². The molecule has 3 N–H and O–H groups in total. The number of fused-ring (bicyclic) bond motifs is 1. The van der Waals surface area contributed by atoms with Crippen molar-refractivity contribution in [1.29, 1.82) is 0 Å². The highest BCUT2D eigenvalue weighted by atomic mass is 16.2. The van der Waals surface area contributed by atoms with Crippen LogP contribution in [-0.4, -0.2) is 28.0 Å². The van der Waals surface area contributed by atoms with Gasteiger partial charge in [-0.05, 0) is 25.5 Å². The summed E-state index contributed by atoms with van der Waals surface area (Å²) in [4.78, 5) is 16.1. The fraction of sp³-hybridized carbons (Fsp3) is 0.429. The molecule has 1 heterocycles. The Morgan fingerprint density at radius 1 is 1.47 bits per heavy atom. The number of carbonyl (C=O) groups excluding carboxylic acids is 1. The molecule has 1 amide bonds. The lowest BCUT2D eigenvalue weighted by Crippen LogP contribution is -2.41. The maximum Gasteiger partial charge on any atom is 0.236 e. The molecule has 0 bridgehead atoms. The number of nitrogens with zero attached hydrogens (tertiary/aromatic N) is 2. The van der Waals surface area contributed by atoms with E-state index in [0.717, 1.165) is 16.9 Å². The number of aryl methyl sites for hydroxylation is 1. The molecule has 0 fully saturated rings. The van der Waals surface area contributed by atoms with Gasteiger partial charge < -0.3 is 15.6 Å². The van der Waals surface area contributed by atoms with Gasteiger partial charge in [0.1, 0.15) is 5.82 Å². The third-order valence-corrected chi connectivity index (χ3v) is 3.26. The number of hydrogen-bond donors (Lipinski definition) is 2. The van der Waals surface area contributed by atoms with Crippen LogP contribution in [0.25, 0.3) is 11.0 Å². The highest BCUT2D eigenvalue weighted by Crippen LogP contribution is 2.14. The highest BCUT2D eigenvalue weighted by molar-refractivity contribution is 5.81. The van der Waals surface area contributed by atoms with Crippen molar-refractivity contribution in [2.24, 2.45) is 5.73 Å². The summed E-state index contributed by atoms with van der Waals surface area (Å²) < 4.78 is 2.10. The van der Waals surface area contributed by atoms with Gasteiger partial charge in [0.05, 0.1) is 17.1 Å². The Bertz CT molecular complexity index is 576. The number of amides is 1. The molecule has 19 heavy (non-hydrogen) atoms. The number of nitrogens with one attached hydrogen (secondary N) is 1. The summed E-state index contributed by atoms with van der Waals surface area (Å²) in [7, 11) is 0. The molecule has 1 aromatic carbocycles. The van der Waals surface area contributed by atoms with E-state index in [1.165, 1.54) is 0 Å². The second-order valence-corrected chi connectivity index (χ2v) is 4.61. The molecule has 0 saturated carbocycles. The molecule has 0 unspecified atom stereocenters. The number of nitrogens with two attached hydrogens (primary N) is 1. The minimum Gasteiger partial charge on any atom is -0.353 e. The molecule has 0 aliphatic heterocycles. The van der Waals surface area contributed by atoms with E-state index in [-0.39, 0.29) is 5.91 Å². The normalized spacial score (nSPS) is 12.6. The van der Waals surface area contributed by atoms with E-state index in [1.54, 1.807) is 0 Å². The van der Waals surface area contributed by atoms with Gasteiger partial charge in [-0.2, -0.15) is 0 Å². The number of rotatable bonds is 5. The van der Waals surface area contributed by atoms with Crippen molar-refractivity contribution in [1.82, 2.24) is 14.9 Å². The van der Waals surface area contributed by atoms with Crippen LogP contribution in [0.5, 0.6) is 0 Å². The van der Waals surface area contributed by atoms with Crippen LogP contribution in [0.4, 0.5) is 0 Å². The molecule has 5 heteroatoms. The van der Waals surface area contributed by atoms with Gasteiger partial charge in [-0.3, -0.25) is 4.79 Å². The predicted molar refractivity (Wildman–Crippen MR) is 75.7 cm³/mol. The summed E-state index contributed by atoms with van der Waals surface area (Å²) >= 11 is 0. The molecular weight excluding hydrogens is 240 g/mol. The summed E-state index contributed by atoms with van der Waals surface area (Å²) in [5.74, 6) is 0.861. The topological polar surface area (TPSA) is 72.9 Å². The van der Waals surface area contributed by atoms with Crippen LogP contribution in [0.15, 0.2) is 24.3 Å². The molecule has 0 aliphatic rings. The van der Waals surface area contributed by atoms with Crippen molar-refractivity contribution in [3.05, 3.63) is 30.1 Å².